The lowest BCUT2D eigenvalue weighted by atomic mass is 9.72. The first-order chi connectivity index (χ1) is 9.50. The van der Waals surface area contributed by atoms with Crippen LogP contribution in [0, 0.1) is 5.41 Å². The Bertz CT molecular complexity index is 299. The number of hydrogen-bond donors (Lipinski definition) is 1. The van der Waals surface area contributed by atoms with Gasteiger partial charge in [0, 0.05) is 31.2 Å². The van der Waals surface area contributed by atoms with Crippen LogP contribution in [0.5, 0.6) is 0 Å². The Morgan fingerprint density at radius 2 is 1.90 bits per heavy atom. The van der Waals surface area contributed by atoms with Crippen LogP contribution < -0.4 is 5.32 Å². The van der Waals surface area contributed by atoms with E-state index in [1.54, 1.807) is 0 Å². The van der Waals surface area contributed by atoms with Crippen LogP contribution in [-0.4, -0.2) is 61.2 Å². The number of nitrogens with one attached hydrogen (secondary N) is 1. The molecule has 0 radical (unpaired) electrons. The summed E-state index contributed by atoms with van der Waals surface area (Å²) in [6.45, 7) is 14.5. The summed E-state index contributed by atoms with van der Waals surface area (Å²) in [5.74, 6) is 0. The second-order valence-electron chi connectivity index (χ2n) is 7.53. The van der Waals surface area contributed by atoms with Crippen molar-refractivity contribution in [3.05, 3.63) is 0 Å². The van der Waals surface area contributed by atoms with Gasteiger partial charge >= 0.3 is 0 Å². The molecule has 3 nitrogen and oxygen atoms in total. The van der Waals surface area contributed by atoms with Gasteiger partial charge in [-0.25, -0.2) is 0 Å². The third kappa shape index (κ3) is 3.55. The third-order valence-corrected chi connectivity index (χ3v) is 5.72. The van der Waals surface area contributed by atoms with E-state index in [-0.39, 0.29) is 0 Å². The first-order valence-corrected chi connectivity index (χ1v) is 8.66. The summed E-state index contributed by atoms with van der Waals surface area (Å²) in [5.41, 5.74) is 0.519. The van der Waals surface area contributed by atoms with E-state index < -0.39 is 0 Å². The predicted octanol–water partition coefficient (Wildman–Crippen LogP) is 2.57. The first-order valence-electron chi connectivity index (χ1n) is 8.66. The van der Waals surface area contributed by atoms with Crippen molar-refractivity contribution in [3.63, 3.8) is 0 Å². The SMILES string of the molecule is CCN(CC)C1CCN(C2CC(C)(C)CCC2NC)C1. The maximum Gasteiger partial charge on any atom is 0.0254 e. The van der Waals surface area contributed by atoms with Gasteiger partial charge in [-0.15, -0.1) is 0 Å². The van der Waals surface area contributed by atoms with E-state index in [0.29, 0.717) is 11.5 Å². The van der Waals surface area contributed by atoms with E-state index in [1.165, 1.54) is 51.9 Å². The van der Waals surface area contributed by atoms with Gasteiger partial charge in [0.15, 0.2) is 0 Å². The van der Waals surface area contributed by atoms with Crippen LogP contribution in [-0.2, 0) is 0 Å². The number of likely N-dealkylation sites (tertiary alicyclic amines) is 1. The Hall–Kier alpha value is -0.120. The molecule has 0 amide bonds. The highest BCUT2D eigenvalue weighted by molar-refractivity contribution is 4.97. The lowest BCUT2D eigenvalue weighted by Gasteiger charge is -2.45. The van der Waals surface area contributed by atoms with Crippen molar-refractivity contribution in [1.29, 1.82) is 0 Å². The second-order valence-corrected chi connectivity index (χ2v) is 7.53. The van der Waals surface area contributed by atoms with Crippen LogP contribution in [0.4, 0.5) is 0 Å². The average molecular weight is 281 g/mol. The smallest absolute Gasteiger partial charge is 0.0254 e. The van der Waals surface area contributed by atoms with Gasteiger partial charge in [0.05, 0.1) is 0 Å². The molecule has 0 aromatic rings. The maximum absolute atomic E-state index is 3.59. The molecule has 3 heteroatoms. The molecule has 3 unspecified atom stereocenters. The minimum Gasteiger partial charge on any atom is -0.315 e. The zero-order chi connectivity index (χ0) is 14.8. The standard InChI is InChI=1S/C17H35N3/c1-6-19(7-2)14-9-11-20(13-14)16-12-17(3,4)10-8-15(16)18-5/h14-16,18H,6-13H2,1-5H3. The summed E-state index contributed by atoms with van der Waals surface area (Å²) in [6, 6.07) is 2.22. The minimum absolute atomic E-state index is 0.519. The van der Waals surface area contributed by atoms with E-state index in [0.717, 1.165) is 12.1 Å². The molecule has 20 heavy (non-hydrogen) atoms. The maximum atomic E-state index is 3.59. The summed E-state index contributed by atoms with van der Waals surface area (Å²) in [6.07, 6.45) is 5.40. The van der Waals surface area contributed by atoms with Crippen LogP contribution in [0.2, 0.25) is 0 Å². The second kappa shape index (κ2) is 6.76. The fourth-order valence-corrected chi connectivity index (χ4v) is 4.38. The van der Waals surface area contributed by atoms with Gasteiger partial charge in [-0.2, -0.15) is 0 Å². The van der Waals surface area contributed by atoms with Crippen LogP contribution in [0.1, 0.15) is 53.4 Å². The van der Waals surface area contributed by atoms with E-state index in [2.05, 4.69) is 49.9 Å². The molecule has 2 fully saturated rings. The Kier molecular flexibility index (Phi) is 5.49. The average Bonchev–Trinajstić information content (AvgIpc) is 2.89. The summed E-state index contributed by atoms with van der Waals surface area (Å²) >= 11 is 0. The molecule has 1 saturated carbocycles. The summed E-state index contributed by atoms with van der Waals surface area (Å²) in [7, 11) is 2.15. The normalized spacial score (nSPS) is 34.8. The number of likely N-dealkylation sites (N-methyl/N-ethyl adjacent to an activating group) is 2. The molecule has 1 aliphatic carbocycles. The van der Waals surface area contributed by atoms with Crippen molar-refractivity contribution in [3.8, 4) is 0 Å². The van der Waals surface area contributed by atoms with Gasteiger partial charge in [-0.05, 0) is 51.2 Å². The Balaban J connectivity index is 1.99. The van der Waals surface area contributed by atoms with E-state index in [9.17, 15) is 0 Å². The third-order valence-electron chi connectivity index (χ3n) is 5.72. The minimum atomic E-state index is 0.519. The van der Waals surface area contributed by atoms with E-state index in [4.69, 9.17) is 0 Å². The number of hydrogen-bond acceptors (Lipinski definition) is 3. The topological polar surface area (TPSA) is 18.5 Å². The fourth-order valence-electron chi connectivity index (χ4n) is 4.38. The Morgan fingerprint density at radius 1 is 1.20 bits per heavy atom. The van der Waals surface area contributed by atoms with Crippen molar-refractivity contribution in [2.45, 2.75) is 71.5 Å². The Labute approximate surface area is 126 Å². The molecule has 2 aliphatic rings. The lowest BCUT2D eigenvalue weighted by Crippen LogP contribution is -2.53. The first kappa shape index (κ1) is 16.3. The van der Waals surface area contributed by atoms with Gasteiger partial charge < -0.3 is 5.32 Å². The molecule has 0 bridgehead atoms. The molecule has 2 rings (SSSR count). The zero-order valence-electron chi connectivity index (χ0n) is 14.3. The van der Waals surface area contributed by atoms with Crippen molar-refractivity contribution in [2.75, 3.05) is 33.2 Å². The predicted molar refractivity (Wildman–Crippen MR) is 87.2 cm³/mol. The van der Waals surface area contributed by atoms with Crippen molar-refractivity contribution in [1.82, 2.24) is 15.1 Å². The summed E-state index contributed by atoms with van der Waals surface area (Å²) in [4.78, 5) is 5.42. The molecule has 0 aromatic heterocycles. The molecule has 1 N–H and O–H groups in total. The number of nitrogens with zero attached hydrogens (tertiary/aromatic N) is 2. The van der Waals surface area contributed by atoms with Crippen molar-refractivity contribution >= 4 is 0 Å². The molecule has 118 valence electrons. The fraction of sp³-hybridized carbons (Fsp3) is 1.00. The Morgan fingerprint density at radius 3 is 2.50 bits per heavy atom. The van der Waals surface area contributed by atoms with Gasteiger partial charge in [0.25, 0.3) is 0 Å². The van der Waals surface area contributed by atoms with E-state index in [1.807, 2.05) is 0 Å². The largest absolute Gasteiger partial charge is 0.315 e. The monoisotopic (exact) mass is 281 g/mol. The summed E-state index contributed by atoms with van der Waals surface area (Å²) in [5, 5.41) is 3.59. The van der Waals surface area contributed by atoms with Crippen LogP contribution in [0.25, 0.3) is 0 Å². The van der Waals surface area contributed by atoms with Gasteiger partial charge in [-0.1, -0.05) is 27.7 Å². The highest BCUT2D eigenvalue weighted by Crippen LogP contribution is 2.38. The van der Waals surface area contributed by atoms with Gasteiger partial charge in [-0.3, -0.25) is 9.80 Å². The van der Waals surface area contributed by atoms with Crippen molar-refractivity contribution in [2.24, 2.45) is 5.41 Å². The quantitative estimate of drug-likeness (QED) is 0.835. The molecule has 1 heterocycles. The van der Waals surface area contributed by atoms with Crippen LogP contribution >= 0.6 is 0 Å². The highest BCUT2D eigenvalue weighted by Gasteiger charge is 2.40. The van der Waals surface area contributed by atoms with Gasteiger partial charge in [0.1, 0.15) is 0 Å². The lowest BCUT2D eigenvalue weighted by molar-refractivity contribution is 0.0771. The molecule has 0 aromatic carbocycles. The molecule has 1 saturated heterocycles. The molecular formula is C17H35N3. The highest BCUT2D eigenvalue weighted by atomic mass is 15.3. The molecular weight excluding hydrogens is 246 g/mol. The molecule has 1 aliphatic heterocycles. The van der Waals surface area contributed by atoms with Crippen molar-refractivity contribution < 1.29 is 0 Å². The zero-order valence-corrected chi connectivity index (χ0v) is 14.3. The van der Waals surface area contributed by atoms with Crippen LogP contribution in [0.15, 0.2) is 0 Å². The summed E-state index contributed by atoms with van der Waals surface area (Å²) < 4.78 is 0. The number of rotatable bonds is 5. The van der Waals surface area contributed by atoms with E-state index >= 15 is 0 Å². The van der Waals surface area contributed by atoms with Gasteiger partial charge in [0.2, 0.25) is 0 Å². The molecule has 0 spiro atoms. The van der Waals surface area contributed by atoms with Crippen LogP contribution in [0.3, 0.4) is 0 Å². The molecule has 3 atom stereocenters.